The highest BCUT2D eigenvalue weighted by molar-refractivity contribution is 4.74. The zero-order chi connectivity index (χ0) is 8.93. The van der Waals surface area contributed by atoms with Crippen molar-refractivity contribution in [1.82, 2.24) is 10.2 Å². The second-order valence-electron chi connectivity index (χ2n) is 4.06. The first-order chi connectivity index (χ1) is 6.45. The first kappa shape index (κ1) is 9.44. The summed E-state index contributed by atoms with van der Waals surface area (Å²) >= 11 is 0. The summed E-state index contributed by atoms with van der Waals surface area (Å²) in [5.41, 5.74) is 0. The van der Waals surface area contributed by atoms with Crippen molar-refractivity contribution in [3.05, 3.63) is 0 Å². The topological polar surface area (TPSA) is 24.5 Å². The van der Waals surface area contributed by atoms with Crippen LogP contribution < -0.4 is 5.32 Å². The quantitative estimate of drug-likeness (QED) is 0.675. The van der Waals surface area contributed by atoms with Gasteiger partial charge in [-0.3, -0.25) is 0 Å². The zero-order valence-electron chi connectivity index (χ0n) is 8.30. The molecule has 76 valence electrons. The Morgan fingerprint density at radius 3 is 2.92 bits per heavy atom. The van der Waals surface area contributed by atoms with E-state index < -0.39 is 0 Å². The van der Waals surface area contributed by atoms with Crippen molar-refractivity contribution in [1.29, 1.82) is 0 Å². The molecule has 2 heterocycles. The maximum atomic E-state index is 5.76. The normalized spacial score (nSPS) is 31.8. The lowest BCUT2D eigenvalue weighted by Gasteiger charge is -2.21. The Morgan fingerprint density at radius 1 is 1.23 bits per heavy atom. The van der Waals surface area contributed by atoms with Gasteiger partial charge in [0.15, 0.2) is 0 Å². The van der Waals surface area contributed by atoms with Crippen molar-refractivity contribution >= 4 is 0 Å². The van der Waals surface area contributed by atoms with Gasteiger partial charge in [0, 0.05) is 19.7 Å². The highest BCUT2D eigenvalue weighted by Gasteiger charge is 2.18. The minimum absolute atomic E-state index is 0.431. The van der Waals surface area contributed by atoms with E-state index in [0.717, 1.165) is 32.7 Å². The molecule has 1 N–H and O–H groups in total. The summed E-state index contributed by atoms with van der Waals surface area (Å²) in [4.78, 5) is 2.53. The Balaban J connectivity index is 1.71. The van der Waals surface area contributed by atoms with Crippen molar-refractivity contribution in [2.45, 2.75) is 25.4 Å². The lowest BCUT2D eigenvalue weighted by Crippen LogP contribution is -2.37. The standard InChI is InChI=1S/C10H20N2O/c1-2-6-12(5-1)9-10-8-11-4-3-7-13-10/h10-11H,1-9H2. The summed E-state index contributed by atoms with van der Waals surface area (Å²) in [7, 11) is 0. The number of likely N-dealkylation sites (tertiary alicyclic amines) is 1. The Labute approximate surface area is 80.4 Å². The Hall–Kier alpha value is -0.120. The zero-order valence-corrected chi connectivity index (χ0v) is 8.30. The van der Waals surface area contributed by atoms with Crippen LogP contribution in [-0.4, -0.2) is 50.3 Å². The molecule has 2 saturated heterocycles. The predicted molar refractivity (Wildman–Crippen MR) is 52.9 cm³/mol. The molecular weight excluding hydrogens is 164 g/mol. The second kappa shape index (κ2) is 4.94. The lowest BCUT2D eigenvalue weighted by molar-refractivity contribution is 0.0434. The number of hydrogen-bond donors (Lipinski definition) is 1. The van der Waals surface area contributed by atoms with Gasteiger partial charge in [-0.05, 0) is 38.9 Å². The van der Waals surface area contributed by atoms with Crippen LogP contribution in [0.2, 0.25) is 0 Å². The van der Waals surface area contributed by atoms with Gasteiger partial charge in [-0.2, -0.15) is 0 Å². The van der Waals surface area contributed by atoms with Crippen LogP contribution >= 0.6 is 0 Å². The van der Waals surface area contributed by atoms with E-state index in [1.54, 1.807) is 0 Å². The minimum Gasteiger partial charge on any atom is -0.376 e. The Bertz CT molecular complexity index is 138. The van der Waals surface area contributed by atoms with Gasteiger partial charge >= 0.3 is 0 Å². The molecule has 3 heteroatoms. The predicted octanol–water partition coefficient (Wildman–Crippen LogP) is 0.461. The van der Waals surface area contributed by atoms with Gasteiger partial charge in [0.05, 0.1) is 6.10 Å². The van der Waals surface area contributed by atoms with Gasteiger partial charge in [0.2, 0.25) is 0 Å². The third-order valence-electron chi connectivity index (χ3n) is 2.88. The van der Waals surface area contributed by atoms with E-state index in [4.69, 9.17) is 4.74 Å². The van der Waals surface area contributed by atoms with Crippen LogP contribution in [0.25, 0.3) is 0 Å². The van der Waals surface area contributed by atoms with E-state index in [1.807, 2.05) is 0 Å². The van der Waals surface area contributed by atoms with E-state index in [2.05, 4.69) is 10.2 Å². The monoisotopic (exact) mass is 184 g/mol. The molecule has 2 aliphatic rings. The van der Waals surface area contributed by atoms with Gasteiger partial charge in [-0.25, -0.2) is 0 Å². The summed E-state index contributed by atoms with van der Waals surface area (Å²) in [5.74, 6) is 0. The van der Waals surface area contributed by atoms with Crippen LogP contribution in [0.5, 0.6) is 0 Å². The molecule has 0 spiro atoms. The molecular formula is C10H20N2O. The highest BCUT2D eigenvalue weighted by atomic mass is 16.5. The largest absolute Gasteiger partial charge is 0.376 e. The Morgan fingerprint density at radius 2 is 2.08 bits per heavy atom. The number of hydrogen-bond acceptors (Lipinski definition) is 3. The molecule has 0 amide bonds. The van der Waals surface area contributed by atoms with Crippen LogP contribution in [0.1, 0.15) is 19.3 Å². The fourth-order valence-corrected chi connectivity index (χ4v) is 2.14. The molecule has 2 rings (SSSR count). The molecule has 2 aliphatic heterocycles. The third-order valence-corrected chi connectivity index (χ3v) is 2.88. The van der Waals surface area contributed by atoms with Gasteiger partial charge < -0.3 is 15.0 Å². The molecule has 13 heavy (non-hydrogen) atoms. The maximum Gasteiger partial charge on any atom is 0.0826 e. The third kappa shape index (κ3) is 2.93. The summed E-state index contributed by atoms with van der Waals surface area (Å²) in [6.07, 6.45) is 4.34. The van der Waals surface area contributed by atoms with E-state index >= 15 is 0 Å². The molecule has 0 bridgehead atoms. The first-order valence-electron chi connectivity index (χ1n) is 5.50. The van der Waals surface area contributed by atoms with Crippen molar-refractivity contribution in [2.24, 2.45) is 0 Å². The van der Waals surface area contributed by atoms with E-state index in [0.29, 0.717) is 6.10 Å². The average Bonchev–Trinajstić information content (AvgIpc) is 2.49. The van der Waals surface area contributed by atoms with Crippen molar-refractivity contribution < 1.29 is 4.74 Å². The van der Waals surface area contributed by atoms with Crippen LogP contribution in [0.3, 0.4) is 0 Å². The molecule has 2 fully saturated rings. The molecule has 3 nitrogen and oxygen atoms in total. The Kier molecular flexibility index (Phi) is 3.58. The molecule has 0 radical (unpaired) electrons. The average molecular weight is 184 g/mol. The van der Waals surface area contributed by atoms with Crippen molar-refractivity contribution in [3.8, 4) is 0 Å². The number of nitrogens with one attached hydrogen (secondary N) is 1. The van der Waals surface area contributed by atoms with E-state index in [1.165, 1.54) is 25.9 Å². The number of ether oxygens (including phenoxy) is 1. The lowest BCUT2D eigenvalue weighted by atomic mass is 10.3. The van der Waals surface area contributed by atoms with E-state index in [-0.39, 0.29) is 0 Å². The second-order valence-corrected chi connectivity index (χ2v) is 4.06. The summed E-state index contributed by atoms with van der Waals surface area (Å²) in [5, 5.41) is 3.42. The molecule has 1 atom stereocenters. The first-order valence-corrected chi connectivity index (χ1v) is 5.50. The highest BCUT2D eigenvalue weighted by Crippen LogP contribution is 2.09. The maximum absolute atomic E-state index is 5.76. The van der Waals surface area contributed by atoms with Crippen LogP contribution in [0.15, 0.2) is 0 Å². The number of rotatable bonds is 2. The van der Waals surface area contributed by atoms with Crippen molar-refractivity contribution in [2.75, 3.05) is 39.3 Å². The van der Waals surface area contributed by atoms with E-state index in [9.17, 15) is 0 Å². The van der Waals surface area contributed by atoms with Gasteiger partial charge in [-0.15, -0.1) is 0 Å². The molecule has 0 aromatic heterocycles. The van der Waals surface area contributed by atoms with Gasteiger partial charge in [0.25, 0.3) is 0 Å². The fourth-order valence-electron chi connectivity index (χ4n) is 2.14. The van der Waals surface area contributed by atoms with Gasteiger partial charge in [-0.1, -0.05) is 0 Å². The fraction of sp³-hybridized carbons (Fsp3) is 1.00. The number of nitrogens with zero attached hydrogens (tertiary/aromatic N) is 1. The summed E-state index contributed by atoms with van der Waals surface area (Å²) in [6.45, 7) is 6.78. The van der Waals surface area contributed by atoms with Crippen LogP contribution in [0.4, 0.5) is 0 Å². The van der Waals surface area contributed by atoms with Gasteiger partial charge in [0.1, 0.15) is 0 Å². The molecule has 1 unspecified atom stereocenters. The smallest absolute Gasteiger partial charge is 0.0826 e. The van der Waals surface area contributed by atoms with Crippen molar-refractivity contribution in [3.63, 3.8) is 0 Å². The van der Waals surface area contributed by atoms with Crippen LogP contribution in [0, 0.1) is 0 Å². The molecule has 0 aromatic carbocycles. The molecule has 0 saturated carbocycles. The van der Waals surface area contributed by atoms with Crippen LogP contribution in [-0.2, 0) is 4.74 Å². The molecule has 0 aromatic rings. The summed E-state index contributed by atoms with van der Waals surface area (Å²) in [6, 6.07) is 0. The summed E-state index contributed by atoms with van der Waals surface area (Å²) < 4.78 is 5.76. The molecule has 0 aliphatic carbocycles. The minimum atomic E-state index is 0.431. The SMILES string of the molecule is C1CNCC(CN2CCCC2)OC1.